The first-order valence-electron chi connectivity index (χ1n) is 14.0. The largest absolute Gasteiger partial charge is 0.501 e. The smallest absolute Gasteiger partial charge is 0.382 e. The molecule has 0 unspecified atom stereocenters. The zero-order valence-electron chi connectivity index (χ0n) is 23.4. The number of rotatable bonds is 7. The predicted molar refractivity (Wildman–Crippen MR) is 151 cm³/mol. The van der Waals surface area contributed by atoms with Gasteiger partial charge in [0, 0.05) is 43.3 Å². The van der Waals surface area contributed by atoms with Crippen molar-refractivity contribution in [2.45, 2.75) is 54.4 Å². The number of anilines is 2. The second-order valence-electron chi connectivity index (χ2n) is 10.8. The molecule has 1 amide bonds. The SMILES string of the molecule is O=C(COC1CCC(Nc2ccc(S(=O)(=O)C(F)(F)F)cc2)CC1)N1CCN(c2ccc3cc(C(F)(F)F)ccc3n2)CC1. The third kappa shape index (κ3) is 7.20. The molecule has 3 aromatic rings. The fourth-order valence-electron chi connectivity index (χ4n) is 5.41. The van der Waals surface area contributed by atoms with E-state index in [1.54, 1.807) is 17.0 Å². The Kier molecular flexibility index (Phi) is 8.99. The normalized spacial score (nSPS) is 20.1. The molecule has 2 aliphatic rings. The Hall–Kier alpha value is -3.59. The lowest BCUT2D eigenvalue weighted by Gasteiger charge is -2.36. The summed E-state index contributed by atoms with van der Waals surface area (Å²) in [4.78, 5) is 20.2. The van der Waals surface area contributed by atoms with Crippen molar-refractivity contribution >= 4 is 38.2 Å². The number of halogens is 6. The fourth-order valence-corrected chi connectivity index (χ4v) is 6.17. The van der Waals surface area contributed by atoms with Gasteiger partial charge in [0.25, 0.3) is 9.84 Å². The minimum Gasteiger partial charge on any atom is -0.382 e. The standard InChI is InChI=1S/C29H30F6N4O4S/c30-28(31,32)20-2-11-25-19(17-20)1-12-26(37-25)38-13-15-39(16-14-38)27(40)18-43-23-7-3-21(4-8-23)36-22-5-9-24(10-6-22)44(41,42)29(33,34)35/h1-2,5-6,9-12,17,21,23,36H,3-4,7-8,13-16,18H2. The molecule has 5 rings (SSSR count). The number of piperazine rings is 1. The van der Waals surface area contributed by atoms with Crippen LogP contribution in [0, 0.1) is 0 Å². The maximum absolute atomic E-state index is 13.0. The molecule has 2 aromatic carbocycles. The van der Waals surface area contributed by atoms with Crippen LogP contribution in [-0.2, 0) is 25.5 Å². The van der Waals surface area contributed by atoms with Crippen molar-refractivity contribution < 1.29 is 44.3 Å². The van der Waals surface area contributed by atoms with Gasteiger partial charge in [-0.3, -0.25) is 4.79 Å². The molecule has 1 N–H and O–H groups in total. The van der Waals surface area contributed by atoms with E-state index in [9.17, 15) is 39.6 Å². The van der Waals surface area contributed by atoms with Crippen LogP contribution in [-0.4, -0.2) is 74.6 Å². The molecule has 1 aliphatic carbocycles. The highest BCUT2D eigenvalue weighted by Gasteiger charge is 2.46. The van der Waals surface area contributed by atoms with Crippen molar-refractivity contribution in [2.75, 3.05) is 43.0 Å². The zero-order valence-corrected chi connectivity index (χ0v) is 24.2. The first-order valence-corrected chi connectivity index (χ1v) is 15.5. The van der Waals surface area contributed by atoms with E-state index in [1.807, 2.05) is 4.90 Å². The quantitative estimate of drug-likeness (QED) is 0.333. The van der Waals surface area contributed by atoms with Gasteiger partial charge in [-0.05, 0) is 80.3 Å². The van der Waals surface area contributed by atoms with Gasteiger partial charge in [-0.15, -0.1) is 0 Å². The third-order valence-electron chi connectivity index (χ3n) is 7.92. The van der Waals surface area contributed by atoms with E-state index in [4.69, 9.17) is 4.74 Å². The topological polar surface area (TPSA) is 91.8 Å². The summed E-state index contributed by atoms with van der Waals surface area (Å²) in [7, 11) is -5.39. The first-order chi connectivity index (χ1) is 20.7. The number of nitrogens with zero attached hydrogens (tertiary/aromatic N) is 3. The minimum atomic E-state index is -5.39. The maximum Gasteiger partial charge on any atom is 0.501 e. The number of ether oxygens (including phenoxy) is 1. The molecule has 0 radical (unpaired) electrons. The summed E-state index contributed by atoms with van der Waals surface area (Å²) in [5.41, 5.74) is -5.11. The summed E-state index contributed by atoms with van der Waals surface area (Å²) in [5.74, 6) is 0.498. The molecule has 1 aromatic heterocycles. The molecule has 8 nitrogen and oxygen atoms in total. The van der Waals surface area contributed by atoms with Crippen molar-refractivity contribution in [1.29, 1.82) is 0 Å². The number of carbonyl (C=O) groups excluding carboxylic acids is 1. The van der Waals surface area contributed by atoms with Gasteiger partial charge in [0.05, 0.1) is 22.1 Å². The van der Waals surface area contributed by atoms with Crippen molar-refractivity contribution in [3.8, 4) is 0 Å². The summed E-state index contributed by atoms with van der Waals surface area (Å²) >= 11 is 0. The second kappa shape index (κ2) is 12.4. The lowest BCUT2D eigenvalue weighted by Crippen LogP contribution is -2.50. The number of benzene rings is 2. The molecule has 238 valence electrons. The summed E-state index contributed by atoms with van der Waals surface area (Å²) in [6.07, 6.45) is -1.77. The Bertz CT molecular complexity index is 1580. The summed E-state index contributed by atoms with van der Waals surface area (Å²) in [5, 5.41) is 3.61. The fraction of sp³-hybridized carbons (Fsp3) is 0.448. The van der Waals surface area contributed by atoms with Crippen LogP contribution >= 0.6 is 0 Å². The van der Waals surface area contributed by atoms with Crippen molar-refractivity contribution in [3.05, 3.63) is 60.2 Å². The highest BCUT2D eigenvalue weighted by atomic mass is 32.2. The van der Waals surface area contributed by atoms with Gasteiger partial charge in [-0.25, -0.2) is 13.4 Å². The second-order valence-corrected chi connectivity index (χ2v) is 12.8. The maximum atomic E-state index is 13.0. The molecule has 2 fully saturated rings. The van der Waals surface area contributed by atoms with Crippen LogP contribution < -0.4 is 10.2 Å². The van der Waals surface area contributed by atoms with Crippen LogP contribution in [0.4, 0.5) is 37.8 Å². The molecule has 2 heterocycles. The number of hydrogen-bond donors (Lipinski definition) is 1. The number of sulfone groups is 1. The molecule has 1 saturated heterocycles. The average molecular weight is 645 g/mol. The molecule has 1 saturated carbocycles. The molecule has 15 heteroatoms. The molecule has 1 aliphatic heterocycles. The van der Waals surface area contributed by atoms with Crippen LogP contribution in [0.1, 0.15) is 31.2 Å². The van der Waals surface area contributed by atoms with Crippen molar-refractivity contribution in [1.82, 2.24) is 9.88 Å². The summed E-state index contributed by atoms with van der Waals surface area (Å²) in [6, 6.07) is 11.2. The monoisotopic (exact) mass is 644 g/mol. The van der Waals surface area contributed by atoms with Crippen LogP contribution in [0.3, 0.4) is 0 Å². The molecule has 0 atom stereocenters. The lowest BCUT2D eigenvalue weighted by atomic mass is 9.93. The Balaban J connectivity index is 1.04. The first kappa shape index (κ1) is 31.8. The molecular weight excluding hydrogens is 614 g/mol. The predicted octanol–water partition coefficient (Wildman–Crippen LogP) is 5.64. The Morgan fingerprint density at radius 2 is 1.55 bits per heavy atom. The number of carbonyl (C=O) groups is 1. The van der Waals surface area contributed by atoms with Crippen LogP contribution in [0.15, 0.2) is 59.5 Å². The van der Waals surface area contributed by atoms with Crippen molar-refractivity contribution in [2.24, 2.45) is 0 Å². The van der Waals surface area contributed by atoms with Crippen LogP contribution in [0.5, 0.6) is 0 Å². The van der Waals surface area contributed by atoms with E-state index in [0.29, 0.717) is 74.3 Å². The van der Waals surface area contributed by atoms with E-state index < -0.39 is 32.0 Å². The van der Waals surface area contributed by atoms with E-state index in [2.05, 4.69) is 10.3 Å². The number of nitrogens with one attached hydrogen (secondary N) is 1. The number of fused-ring (bicyclic) bond motifs is 1. The lowest BCUT2D eigenvalue weighted by molar-refractivity contribution is -0.139. The van der Waals surface area contributed by atoms with Crippen molar-refractivity contribution in [3.63, 3.8) is 0 Å². The van der Waals surface area contributed by atoms with E-state index in [1.165, 1.54) is 18.2 Å². The molecular formula is C29H30F6N4O4S. The van der Waals surface area contributed by atoms with E-state index in [-0.39, 0.29) is 24.7 Å². The Labute approximate surface area is 249 Å². The number of alkyl halides is 6. The van der Waals surface area contributed by atoms with Crippen LogP contribution in [0.25, 0.3) is 10.9 Å². The van der Waals surface area contributed by atoms with E-state index >= 15 is 0 Å². The van der Waals surface area contributed by atoms with Gasteiger partial charge in [-0.1, -0.05) is 0 Å². The van der Waals surface area contributed by atoms with Crippen LogP contribution in [0.2, 0.25) is 0 Å². The van der Waals surface area contributed by atoms with Gasteiger partial charge in [-0.2, -0.15) is 26.3 Å². The van der Waals surface area contributed by atoms with Gasteiger partial charge in [0.1, 0.15) is 12.4 Å². The summed E-state index contributed by atoms with van der Waals surface area (Å²) in [6.45, 7) is 1.88. The minimum absolute atomic E-state index is 0.0270. The van der Waals surface area contributed by atoms with Gasteiger partial charge < -0.3 is 19.9 Å². The Morgan fingerprint density at radius 1 is 0.886 bits per heavy atom. The highest BCUT2D eigenvalue weighted by molar-refractivity contribution is 7.92. The van der Waals surface area contributed by atoms with Gasteiger partial charge in [0.15, 0.2) is 0 Å². The number of amides is 1. The molecule has 0 spiro atoms. The average Bonchev–Trinajstić information content (AvgIpc) is 2.99. The highest BCUT2D eigenvalue weighted by Crippen LogP contribution is 2.33. The molecule has 0 bridgehead atoms. The molecule has 44 heavy (non-hydrogen) atoms. The van der Waals surface area contributed by atoms with Gasteiger partial charge in [0.2, 0.25) is 5.91 Å². The third-order valence-corrected chi connectivity index (χ3v) is 9.42. The number of aromatic nitrogens is 1. The van der Waals surface area contributed by atoms with E-state index in [0.717, 1.165) is 24.3 Å². The Morgan fingerprint density at radius 3 is 2.16 bits per heavy atom. The van der Waals surface area contributed by atoms with Gasteiger partial charge >= 0.3 is 11.7 Å². The number of pyridine rings is 1. The zero-order chi connectivity index (χ0) is 31.7. The summed E-state index contributed by atoms with van der Waals surface area (Å²) < 4.78 is 106. The number of hydrogen-bond acceptors (Lipinski definition) is 7.